The highest BCUT2D eigenvalue weighted by Crippen LogP contribution is 2.38. The van der Waals surface area contributed by atoms with Gasteiger partial charge in [0.2, 0.25) is 11.8 Å². The van der Waals surface area contributed by atoms with E-state index in [-0.39, 0.29) is 56.7 Å². The molecule has 0 saturated carbocycles. The van der Waals surface area contributed by atoms with Crippen molar-refractivity contribution in [3.05, 3.63) is 114 Å². The molecule has 4 amide bonds. The van der Waals surface area contributed by atoms with Crippen LogP contribution in [0.5, 0.6) is 5.75 Å². The number of phosphoric ester groups is 1. The van der Waals surface area contributed by atoms with Gasteiger partial charge in [0.1, 0.15) is 18.0 Å². The summed E-state index contributed by atoms with van der Waals surface area (Å²) in [7, 11) is -4.75. The molecule has 6 rings (SSSR count). The molecule has 0 aliphatic carbocycles. The summed E-state index contributed by atoms with van der Waals surface area (Å²) in [5.74, 6) is -0.595. The van der Waals surface area contributed by atoms with Crippen molar-refractivity contribution in [3.63, 3.8) is 0 Å². The average Bonchev–Trinajstić information content (AvgIpc) is 3.45. The zero-order valence-electron chi connectivity index (χ0n) is 25.3. The molecule has 3 N–H and O–H groups in total. The molecule has 4 aromatic rings. The Morgan fingerprint density at radius 2 is 1.74 bits per heavy atom. The smallest absolute Gasteiger partial charge is 0.404 e. The van der Waals surface area contributed by atoms with Crippen molar-refractivity contribution in [1.82, 2.24) is 25.1 Å². The SMILES string of the molecule is C=CCN1CC(=O)N2[C@@H](Cc3ccc(OP(=O)(O)O)cc3)C(=O)N(Cc3csc4ccccc34)C[C@@H]2N1C(=O)NCc1ccccc1. The van der Waals surface area contributed by atoms with Crippen LogP contribution in [0.15, 0.2) is 96.9 Å². The molecular weight excluding hydrogens is 641 g/mol. The van der Waals surface area contributed by atoms with E-state index in [1.165, 1.54) is 22.0 Å². The Hall–Kier alpha value is -4.52. The van der Waals surface area contributed by atoms with Crippen molar-refractivity contribution < 1.29 is 33.3 Å². The average molecular weight is 676 g/mol. The van der Waals surface area contributed by atoms with E-state index in [9.17, 15) is 28.7 Å². The summed E-state index contributed by atoms with van der Waals surface area (Å²) in [5, 5.41) is 9.23. The Morgan fingerprint density at radius 3 is 2.47 bits per heavy atom. The Balaban J connectivity index is 1.34. The number of thiophene rings is 1. The minimum absolute atomic E-state index is 0.0312. The van der Waals surface area contributed by atoms with Crippen molar-refractivity contribution in [2.45, 2.75) is 31.7 Å². The van der Waals surface area contributed by atoms with Crippen molar-refractivity contribution in [2.75, 3.05) is 19.6 Å². The highest BCUT2D eigenvalue weighted by atomic mass is 32.1. The molecule has 2 saturated heterocycles. The van der Waals surface area contributed by atoms with Crippen LogP contribution in [0, 0.1) is 0 Å². The van der Waals surface area contributed by atoms with Crippen LogP contribution in [0.2, 0.25) is 0 Å². The number of piperazine rings is 1. The number of benzene rings is 3. The minimum Gasteiger partial charge on any atom is -0.404 e. The van der Waals surface area contributed by atoms with E-state index in [0.29, 0.717) is 5.56 Å². The van der Waals surface area contributed by atoms with Gasteiger partial charge in [-0.05, 0) is 45.7 Å². The molecule has 2 aliphatic heterocycles. The maximum absolute atomic E-state index is 14.3. The van der Waals surface area contributed by atoms with E-state index >= 15 is 0 Å². The number of rotatable bonds is 10. The second kappa shape index (κ2) is 13.7. The van der Waals surface area contributed by atoms with Gasteiger partial charge in [0, 0.05) is 30.8 Å². The zero-order chi connectivity index (χ0) is 33.1. The standard InChI is InChI=1S/C33H34N5O7PS/c1-2-16-36-21-31(39)37-28(17-23-12-14-26(15-13-23)45-46(42,43)44)32(40)35(19-25-22-47-29-11-7-6-10-27(25)29)20-30(37)38(36)33(41)34-18-24-8-4-3-5-9-24/h2-15,22,28,30H,1,16-21H2,(H,34,41)(H2,42,43,44)/t28-,30-/m0/s1. The van der Waals surface area contributed by atoms with Crippen LogP contribution in [0.4, 0.5) is 4.79 Å². The Kier molecular flexibility index (Phi) is 9.44. The Bertz CT molecular complexity index is 1830. The van der Waals surface area contributed by atoms with Crippen LogP contribution in [0.3, 0.4) is 0 Å². The number of carbonyl (C=O) groups is 3. The summed E-state index contributed by atoms with van der Waals surface area (Å²) in [6.07, 6.45) is 0.929. The van der Waals surface area contributed by atoms with Gasteiger partial charge >= 0.3 is 13.9 Å². The molecule has 0 bridgehead atoms. The van der Waals surface area contributed by atoms with Gasteiger partial charge in [-0.15, -0.1) is 17.9 Å². The summed E-state index contributed by atoms with van der Waals surface area (Å²) in [6, 6.07) is 22.1. The van der Waals surface area contributed by atoms with E-state index in [0.717, 1.165) is 21.2 Å². The zero-order valence-corrected chi connectivity index (χ0v) is 27.1. The van der Waals surface area contributed by atoms with Crippen LogP contribution < -0.4 is 9.84 Å². The molecule has 1 aromatic heterocycles. The van der Waals surface area contributed by atoms with E-state index in [4.69, 9.17) is 0 Å². The van der Waals surface area contributed by atoms with Crippen LogP contribution in [0.1, 0.15) is 16.7 Å². The van der Waals surface area contributed by atoms with Crippen molar-refractivity contribution in [2.24, 2.45) is 0 Å². The molecular formula is C33H34N5O7PS. The van der Waals surface area contributed by atoms with E-state index in [1.54, 1.807) is 39.5 Å². The summed E-state index contributed by atoms with van der Waals surface area (Å²) in [5.41, 5.74) is 2.52. The van der Waals surface area contributed by atoms with E-state index in [2.05, 4.69) is 16.4 Å². The molecule has 3 aromatic carbocycles. The maximum Gasteiger partial charge on any atom is 0.524 e. The lowest BCUT2D eigenvalue weighted by Gasteiger charge is -2.55. The first-order chi connectivity index (χ1) is 22.6. The van der Waals surface area contributed by atoms with Gasteiger partial charge in [-0.25, -0.2) is 19.4 Å². The first-order valence-electron chi connectivity index (χ1n) is 15.0. The predicted octanol–water partition coefficient (Wildman–Crippen LogP) is 4.11. The fraction of sp³-hybridized carbons (Fsp3) is 0.242. The number of carbonyl (C=O) groups excluding carboxylic acids is 3. The number of nitrogens with one attached hydrogen (secondary N) is 1. The lowest BCUT2D eigenvalue weighted by Crippen LogP contribution is -2.76. The van der Waals surface area contributed by atoms with Gasteiger partial charge in [0.25, 0.3) is 0 Å². The summed E-state index contributed by atoms with van der Waals surface area (Å²) >= 11 is 1.59. The molecule has 0 radical (unpaired) electrons. The third-order valence-electron chi connectivity index (χ3n) is 8.16. The minimum atomic E-state index is -4.75. The highest BCUT2D eigenvalue weighted by molar-refractivity contribution is 7.46. The Morgan fingerprint density at radius 1 is 1.02 bits per heavy atom. The second-order valence-electron chi connectivity index (χ2n) is 11.3. The normalized spacial score (nSPS) is 18.7. The number of nitrogens with zero attached hydrogens (tertiary/aromatic N) is 4. The number of phosphoric acid groups is 1. The number of fused-ring (bicyclic) bond motifs is 2. The molecule has 2 aliphatic rings. The number of hydrogen-bond donors (Lipinski definition) is 3. The quantitative estimate of drug-likeness (QED) is 0.169. The largest absolute Gasteiger partial charge is 0.524 e. The third kappa shape index (κ3) is 7.24. The lowest BCUT2D eigenvalue weighted by atomic mass is 9.98. The fourth-order valence-electron chi connectivity index (χ4n) is 6.11. The van der Waals surface area contributed by atoms with Gasteiger partial charge in [0.05, 0.1) is 13.1 Å². The first kappa shape index (κ1) is 32.4. The fourth-order valence-corrected chi connectivity index (χ4v) is 7.46. The highest BCUT2D eigenvalue weighted by Gasteiger charge is 2.51. The Labute approximate surface area is 275 Å². The molecule has 2 fully saturated rings. The molecule has 2 atom stereocenters. The molecule has 244 valence electrons. The van der Waals surface area contributed by atoms with Crippen LogP contribution in [0.25, 0.3) is 10.1 Å². The van der Waals surface area contributed by atoms with E-state index in [1.807, 2.05) is 60.0 Å². The van der Waals surface area contributed by atoms with E-state index < -0.39 is 26.1 Å². The second-order valence-corrected chi connectivity index (χ2v) is 13.4. The van der Waals surface area contributed by atoms with Crippen molar-refractivity contribution in [3.8, 4) is 5.75 Å². The van der Waals surface area contributed by atoms with Crippen molar-refractivity contribution >= 4 is 47.1 Å². The first-order valence-corrected chi connectivity index (χ1v) is 17.4. The third-order valence-corrected chi connectivity index (χ3v) is 9.62. The lowest BCUT2D eigenvalue weighted by molar-refractivity contribution is -0.189. The summed E-state index contributed by atoms with van der Waals surface area (Å²) in [6.45, 7) is 4.59. The number of amides is 4. The topological polar surface area (TPSA) is 143 Å². The van der Waals surface area contributed by atoms with Crippen LogP contribution in [-0.4, -0.2) is 79.3 Å². The van der Waals surface area contributed by atoms with Gasteiger partial charge in [0.15, 0.2) is 0 Å². The van der Waals surface area contributed by atoms with Crippen molar-refractivity contribution in [1.29, 1.82) is 0 Å². The van der Waals surface area contributed by atoms with Gasteiger partial charge in [-0.2, -0.15) is 0 Å². The summed E-state index contributed by atoms with van der Waals surface area (Å²) in [4.78, 5) is 63.6. The monoisotopic (exact) mass is 675 g/mol. The predicted molar refractivity (Wildman–Crippen MR) is 177 cm³/mol. The van der Waals surface area contributed by atoms with Gasteiger partial charge in [-0.3, -0.25) is 19.4 Å². The summed E-state index contributed by atoms with van der Waals surface area (Å²) < 4.78 is 17.1. The van der Waals surface area contributed by atoms with Gasteiger partial charge in [-0.1, -0.05) is 66.7 Å². The number of hydrogen-bond acceptors (Lipinski definition) is 7. The number of hydrazine groups is 1. The molecule has 14 heteroatoms. The van der Waals surface area contributed by atoms with Gasteiger partial charge < -0.3 is 19.6 Å². The van der Waals surface area contributed by atoms with Crippen LogP contribution >= 0.6 is 19.2 Å². The number of urea groups is 1. The molecule has 0 unspecified atom stereocenters. The molecule has 0 spiro atoms. The molecule has 12 nitrogen and oxygen atoms in total. The molecule has 3 heterocycles. The van der Waals surface area contributed by atoms with Crippen LogP contribution in [-0.2, 0) is 33.7 Å². The maximum atomic E-state index is 14.3. The molecule has 47 heavy (non-hydrogen) atoms.